The zero-order valence-corrected chi connectivity index (χ0v) is 13.1. The molecule has 6 heteroatoms. The predicted molar refractivity (Wildman–Crippen MR) is 83.2 cm³/mol. The molecule has 3 heterocycles. The van der Waals surface area contributed by atoms with E-state index in [0.717, 1.165) is 49.6 Å². The van der Waals surface area contributed by atoms with Gasteiger partial charge in [0.25, 0.3) is 0 Å². The Morgan fingerprint density at radius 2 is 2.14 bits per heavy atom. The number of aryl methyl sites for hydroxylation is 1. The van der Waals surface area contributed by atoms with Gasteiger partial charge in [-0.25, -0.2) is 0 Å². The fourth-order valence-electron chi connectivity index (χ4n) is 3.12. The topological polar surface area (TPSA) is 63.9 Å². The highest BCUT2D eigenvalue weighted by atomic mass is 16.2. The lowest BCUT2D eigenvalue weighted by atomic mass is 9.92. The predicted octanol–water partition coefficient (Wildman–Crippen LogP) is 2.09. The Morgan fingerprint density at radius 3 is 2.91 bits per heavy atom. The molecule has 0 aromatic carbocycles. The molecule has 0 bridgehead atoms. The van der Waals surface area contributed by atoms with Crippen LogP contribution in [0.3, 0.4) is 0 Å². The normalized spacial score (nSPS) is 18.5. The van der Waals surface area contributed by atoms with E-state index in [9.17, 15) is 4.79 Å². The number of hydrogen-bond donors (Lipinski definition) is 0. The second-order valence-corrected chi connectivity index (χ2v) is 5.63. The van der Waals surface area contributed by atoms with Gasteiger partial charge in [-0.3, -0.25) is 19.4 Å². The molecule has 3 rings (SSSR count). The monoisotopic (exact) mass is 299 g/mol. The van der Waals surface area contributed by atoms with E-state index in [0.29, 0.717) is 0 Å². The standard InChI is InChI=1S/C16H21N5O/c1-3-21-14(6-7-19-21)16-15(17-8-9-18-16)13-5-4-10-20(11-13)12(2)22/h6-9,13H,3-5,10-11H2,1-2H3. The van der Waals surface area contributed by atoms with Crippen molar-refractivity contribution in [3.63, 3.8) is 0 Å². The van der Waals surface area contributed by atoms with E-state index in [1.807, 2.05) is 15.6 Å². The smallest absolute Gasteiger partial charge is 0.219 e. The summed E-state index contributed by atoms with van der Waals surface area (Å²) in [6.45, 7) is 6.05. The van der Waals surface area contributed by atoms with Crippen molar-refractivity contribution in [1.82, 2.24) is 24.6 Å². The second kappa shape index (κ2) is 6.25. The van der Waals surface area contributed by atoms with Crippen molar-refractivity contribution in [2.45, 2.75) is 39.2 Å². The first-order chi connectivity index (χ1) is 10.7. The molecule has 0 N–H and O–H groups in total. The van der Waals surface area contributed by atoms with E-state index in [-0.39, 0.29) is 11.8 Å². The van der Waals surface area contributed by atoms with Crippen LogP contribution in [0.4, 0.5) is 0 Å². The van der Waals surface area contributed by atoms with Gasteiger partial charge in [0.15, 0.2) is 0 Å². The Balaban J connectivity index is 1.96. The third-order valence-corrected chi connectivity index (χ3v) is 4.24. The molecule has 1 unspecified atom stereocenters. The summed E-state index contributed by atoms with van der Waals surface area (Å²) in [4.78, 5) is 22.7. The number of carbonyl (C=O) groups excluding carboxylic acids is 1. The molecule has 1 aliphatic rings. The highest BCUT2D eigenvalue weighted by Gasteiger charge is 2.27. The molecule has 0 spiro atoms. The van der Waals surface area contributed by atoms with Crippen LogP contribution in [-0.2, 0) is 11.3 Å². The third-order valence-electron chi connectivity index (χ3n) is 4.24. The Labute approximate surface area is 130 Å². The number of nitrogens with zero attached hydrogens (tertiary/aromatic N) is 5. The van der Waals surface area contributed by atoms with Crippen molar-refractivity contribution in [2.75, 3.05) is 13.1 Å². The van der Waals surface area contributed by atoms with E-state index in [1.54, 1.807) is 25.5 Å². The Hall–Kier alpha value is -2.24. The lowest BCUT2D eigenvalue weighted by Crippen LogP contribution is -2.38. The maximum atomic E-state index is 11.7. The van der Waals surface area contributed by atoms with Crippen molar-refractivity contribution in [3.05, 3.63) is 30.4 Å². The number of hydrogen-bond acceptors (Lipinski definition) is 4. The molecule has 22 heavy (non-hydrogen) atoms. The van der Waals surface area contributed by atoms with Crippen LogP contribution in [0.1, 0.15) is 38.3 Å². The average Bonchev–Trinajstić information content (AvgIpc) is 3.03. The molecule has 6 nitrogen and oxygen atoms in total. The van der Waals surface area contributed by atoms with Crippen LogP contribution >= 0.6 is 0 Å². The van der Waals surface area contributed by atoms with E-state index < -0.39 is 0 Å². The molecule has 1 atom stereocenters. The molecule has 0 radical (unpaired) electrons. The summed E-state index contributed by atoms with van der Waals surface area (Å²) in [6.07, 6.45) is 7.29. The minimum absolute atomic E-state index is 0.133. The van der Waals surface area contributed by atoms with Gasteiger partial charge in [-0.05, 0) is 25.8 Å². The summed E-state index contributed by atoms with van der Waals surface area (Å²) >= 11 is 0. The number of amides is 1. The summed E-state index contributed by atoms with van der Waals surface area (Å²) in [5.74, 6) is 0.371. The molecule has 1 amide bonds. The fraction of sp³-hybridized carbons (Fsp3) is 0.500. The summed E-state index contributed by atoms with van der Waals surface area (Å²) < 4.78 is 1.93. The van der Waals surface area contributed by atoms with Crippen LogP contribution in [0, 0.1) is 0 Å². The number of carbonyl (C=O) groups is 1. The van der Waals surface area contributed by atoms with Crippen molar-refractivity contribution < 1.29 is 4.79 Å². The molecule has 1 saturated heterocycles. The molecular formula is C16H21N5O. The van der Waals surface area contributed by atoms with E-state index >= 15 is 0 Å². The molecule has 2 aromatic rings. The molecule has 2 aromatic heterocycles. The van der Waals surface area contributed by atoms with Gasteiger partial charge in [-0.1, -0.05) is 0 Å². The first-order valence-electron chi connectivity index (χ1n) is 7.79. The zero-order valence-electron chi connectivity index (χ0n) is 13.1. The minimum atomic E-state index is 0.133. The number of likely N-dealkylation sites (tertiary alicyclic amines) is 1. The van der Waals surface area contributed by atoms with E-state index in [1.165, 1.54) is 0 Å². The number of piperidine rings is 1. The van der Waals surface area contributed by atoms with Gasteiger partial charge in [-0.2, -0.15) is 5.10 Å². The van der Waals surface area contributed by atoms with Gasteiger partial charge >= 0.3 is 0 Å². The van der Waals surface area contributed by atoms with Gasteiger partial charge in [0, 0.05) is 51.1 Å². The van der Waals surface area contributed by atoms with Crippen molar-refractivity contribution in [3.8, 4) is 11.4 Å². The van der Waals surface area contributed by atoms with Crippen LogP contribution in [0.15, 0.2) is 24.7 Å². The lowest BCUT2D eigenvalue weighted by Gasteiger charge is -2.32. The summed E-state index contributed by atoms with van der Waals surface area (Å²) in [6, 6.07) is 1.97. The van der Waals surface area contributed by atoms with Gasteiger partial charge in [0.2, 0.25) is 5.91 Å². The largest absolute Gasteiger partial charge is 0.342 e. The molecule has 0 saturated carbocycles. The minimum Gasteiger partial charge on any atom is -0.342 e. The Morgan fingerprint density at radius 1 is 1.32 bits per heavy atom. The van der Waals surface area contributed by atoms with Crippen molar-refractivity contribution >= 4 is 5.91 Å². The van der Waals surface area contributed by atoms with Crippen LogP contribution in [0.2, 0.25) is 0 Å². The van der Waals surface area contributed by atoms with Gasteiger partial charge < -0.3 is 4.90 Å². The Kier molecular flexibility index (Phi) is 4.18. The second-order valence-electron chi connectivity index (χ2n) is 5.63. The van der Waals surface area contributed by atoms with Gasteiger partial charge in [-0.15, -0.1) is 0 Å². The maximum Gasteiger partial charge on any atom is 0.219 e. The van der Waals surface area contributed by atoms with Gasteiger partial charge in [0.1, 0.15) is 5.69 Å². The Bertz CT molecular complexity index is 666. The molecule has 1 aliphatic heterocycles. The SMILES string of the molecule is CCn1nccc1-c1nccnc1C1CCCN(C(C)=O)C1. The quantitative estimate of drug-likeness (QED) is 0.870. The lowest BCUT2D eigenvalue weighted by molar-refractivity contribution is -0.130. The first-order valence-corrected chi connectivity index (χ1v) is 7.79. The molecule has 116 valence electrons. The fourth-order valence-corrected chi connectivity index (χ4v) is 3.12. The average molecular weight is 299 g/mol. The molecule has 0 aliphatic carbocycles. The van der Waals surface area contributed by atoms with Crippen LogP contribution in [0.5, 0.6) is 0 Å². The maximum absolute atomic E-state index is 11.7. The number of aromatic nitrogens is 4. The highest BCUT2D eigenvalue weighted by molar-refractivity contribution is 5.73. The highest BCUT2D eigenvalue weighted by Crippen LogP contribution is 2.31. The first kappa shape index (κ1) is 14.7. The number of rotatable bonds is 3. The van der Waals surface area contributed by atoms with Crippen LogP contribution in [-0.4, -0.2) is 43.6 Å². The van der Waals surface area contributed by atoms with Crippen LogP contribution < -0.4 is 0 Å². The van der Waals surface area contributed by atoms with Crippen molar-refractivity contribution in [2.24, 2.45) is 0 Å². The van der Waals surface area contributed by atoms with Crippen molar-refractivity contribution in [1.29, 1.82) is 0 Å². The summed E-state index contributed by atoms with van der Waals surface area (Å²) in [5.41, 5.74) is 2.85. The molecular weight excluding hydrogens is 278 g/mol. The zero-order chi connectivity index (χ0) is 15.5. The summed E-state index contributed by atoms with van der Waals surface area (Å²) in [5, 5.41) is 4.32. The van der Waals surface area contributed by atoms with E-state index in [4.69, 9.17) is 0 Å². The van der Waals surface area contributed by atoms with Gasteiger partial charge in [0.05, 0.1) is 11.4 Å². The molecule has 1 fully saturated rings. The van der Waals surface area contributed by atoms with Crippen LogP contribution in [0.25, 0.3) is 11.4 Å². The summed E-state index contributed by atoms with van der Waals surface area (Å²) in [7, 11) is 0. The van der Waals surface area contributed by atoms with E-state index in [2.05, 4.69) is 22.0 Å². The third kappa shape index (κ3) is 2.73.